The van der Waals surface area contributed by atoms with Crippen molar-refractivity contribution >= 4 is 37.5 Å². The average Bonchev–Trinajstić information content (AvgIpc) is 2.35. The zero-order chi connectivity index (χ0) is 14.2. The zero-order valence-electron chi connectivity index (χ0n) is 10.9. The van der Waals surface area contributed by atoms with Crippen LogP contribution >= 0.6 is 15.9 Å². The number of piperazine rings is 1. The third kappa shape index (κ3) is 3.01. The average molecular weight is 349 g/mol. The number of rotatable bonds is 2. The normalized spacial score (nSPS) is 17.7. The van der Waals surface area contributed by atoms with Crippen LogP contribution in [0.5, 0.6) is 0 Å². The van der Waals surface area contributed by atoms with Gasteiger partial charge in [-0.05, 0) is 28.4 Å². The number of hydrogen-bond donors (Lipinski definition) is 1. The van der Waals surface area contributed by atoms with Crippen molar-refractivity contribution in [1.82, 2.24) is 9.29 Å². The van der Waals surface area contributed by atoms with Crippen molar-refractivity contribution in [3.05, 3.63) is 16.2 Å². The first-order valence-electron chi connectivity index (χ1n) is 5.91. The van der Waals surface area contributed by atoms with Gasteiger partial charge >= 0.3 is 0 Å². The van der Waals surface area contributed by atoms with Gasteiger partial charge in [-0.1, -0.05) is 0 Å². The number of nitrogen functional groups attached to an aromatic ring is 1. The maximum absolute atomic E-state index is 11.5. The Balaban J connectivity index is 2.17. The van der Waals surface area contributed by atoms with Crippen molar-refractivity contribution in [1.29, 1.82) is 0 Å². The van der Waals surface area contributed by atoms with Crippen LogP contribution in [0.2, 0.25) is 0 Å². The first kappa shape index (κ1) is 14.5. The van der Waals surface area contributed by atoms with Gasteiger partial charge in [0.15, 0.2) is 0 Å². The number of anilines is 2. The Hall–Kier alpha value is -0.860. The molecule has 2 rings (SSSR count). The summed E-state index contributed by atoms with van der Waals surface area (Å²) in [6.07, 6.45) is 2.88. The molecule has 0 unspecified atom stereocenters. The van der Waals surface area contributed by atoms with Crippen molar-refractivity contribution < 1.29 is 8.42 Å². The van der Waals surface area contributed by atoms with E-state index < -0.39 is 10.0 Å². The SMILES string of the molecule is Cc1c(N)cnc(N2CCN(S(C)(=O)=O)CC2)c1Br. The van der Waals surface area contributed by atoms with Gasteiger partial charge < -0.3 is 10.6 Å². The van der Waals surface area contributed by atoms with E-state index in [4.69, 9.17) is 5.73 Å². The molecule has 106 valence electrons. The minimum Gasteiger partial charge on any atom is -0.397 e. The highest BCUT2D eigenvalue weighted by Gasteiger charge is 2.25. The van der Waals surface area contributed by atoms with Crippen molar-refractivity contribution in [3.63, 3.8) is 0 Å². The lowest BCUT2D eigenvalue weighted by Crippen LogP contribution is -2.48. The van der Waals surface area contributed by atoms with E-state index in [1.165, 1.54) is 10.6 Å². The lowest BCUT2D eigenvalue weighted by Gasteiger charge is -2.34. The quantitative estimate of drug-likeness (QED) is 0.855. The molecule has 0 bridgehead atoms. The molecule has 8 heteroatoms. The molecule has 6 nitrogen and oxygen atoms in total. The predicted octanol–water partition coefficient (Wildman–Crippen LogP) is 0.816. The fraction of sp³-hybridized carbons (Fsp3) is 0.545. The van der Waals surface area contributed by atoms with Gasteiger partial charge in [-0.25, -0.2) is 13.4 Å². The number of pyridine rings is 1. The summed E-state index contributed by atoms with van der Waals surface area (Å²) in [6, 6.07) is 0. The fourth-order valence-electron chi connectivity index (χ4n) is 2.03. The standard InChI is InChI=1S/C11H17BrN4O2S/c1-8-9(13)7-14-11(10(8)12)15-3-5-16(6-4-15)19(2,17)18/h7H,3-6,13H2,1-2H3. The minimum absolute atomic E-state index is 0.483. The summed E-state index contributed by atoms with van der Waals surface area (Å²) in [4.78, 5) is 6.40. The number of nitrogens with zero attached hydrogens (tertiary/aromatic N) is 3. The van der Waals surface area contributed by atoms with Crippen molar-refractivity contribution in [2.75, 3.05) is 43.1 Å². The van der Waals surface area contributed by atoms with E-state index in [-0.39, 0.29) is 0 Å². The van der Waals surface area contributed by atoms with Crippen LogP contribution in [0.4, 0.5) is 11.5 Å². The van der Waals surface area contributed by atoms with Crippen molar-refractivity contribution in [2.45, 2.75) is 6.92 Å². The minimum atomic E-state index is -3.10. The van der Waals surface area contributed by atoms with Crippen LogP contribution in [0.1, 0.15) is 5.56 Å². The Bertz CT molecular complexity index is 583. The molecule has 1 saturated heterocycles. The number of sulfonamides is 1. The molecule has 0 aromatic carbocycles. The molecule has 0 amide bonds. The van der Waals surface area contributed by atoms with E-state index >= 15 is 0 Å². The van der Waals surface area contributed by atoms with Gasteiger partial charge in [0.2, 0.25) is 10.0 Å². The third-order valence-electron chi connectivity index (χ3n) is 3.29. The molecular weight excluding hydrogens is 332 g/mol. The first-order valence-corrected chi connectivity index (χ1v) is 8.55. The van der Waals surface area contributed by atoms with Crippen LogP contribution < -0.4 is 10.6 Å². The Morgan fingerprint density at radius 3 is 2.42 bits per heavy atom. The smallest absolute Gasteiger partial charge is 0.211 e. The summed E-state index contributed by atoms with van der Waals surface area (Å²) in [5, 5.41) is 0. The van der Waals surface area contributed by atoms with Gasteiger partial charge in [0.1, 0.15) is 5.82 Å². The molecule has 0 saturated carbocycles. The van der Waals surface area contributed by atoms with Gasteiger partial charge in [0.05, 0.1) is 22.6 Å². The molecule has 2 N–H and O–H groups in total. The van der Waals surface area contributed by atoms with Crippen LogP contribution in [0, 0.1) is 6.92 Å². The molecule has 2 heterocycles. The monoisotopic (exact) mass is 348 g/mol. The highest BCUT2D eigenvalue weighted by Crippen LogP contribution is 2.30. The van der Waals surface area contributed by atoms with E-state index in [0.717, 1.165) is 15.9 Å². The van der Waals surface area contributed by atoms with E-state index in [1.807, 2.05) is 6.92 Å². The number of nitrogens with two attached hydrogens (primary N) is 1. The summed E-state index contributed by atoms with van der Waals surface area (Å²) in [7, 11) is -3.10. The largest absolute Gasteiger partial charge is 0.397 e. The second-order valence-corrected chi connectivity index (χ2v) is 7.40. The first-order chi connectivity index (χ1) is 8.80. The summed E-state index contributed by atoms with van der Waals surface area (Å²) in [5.74, 6) is 0.819. The fourth-order valence-corrected chi connectivity index (χ4v) is 3.44. The van der Waals surface area contributed by atoms with Crippen LogP contribution in [-0.2, 0) is 10.0 Å². The Kier molecular flexibility index (Phi) is 4.03. The number of hydrogen-bond acceptors (Lipinski definition) is 5. The van der Waals surface area contributed by atoms with Crippen LogP contribution in [0.3, 0.4) is 0 Å². The van der Waals surface area contributed by atoms with Crippen LogP contribution in [-0.4, -0.2) is 50.1 Å². The maximum Gasteiger partial charge on any atom is 0.211 e. The number of halogens is 1. The molecule has 1 aliphatic rings. The van der Waals surface area contributed by atoms with Gasteiger partial charge in [0.25, 0.3) is 0 Å². The Morgan fingerprint density at radius 1 is 1.32 bits per heavy atom. The summed E-state index contributed by atoms with van der Waals surface area (Å²) >= 11 is 3.51. The molecule has 0 aliphatic carbocycles. The predicted molar refractivity (Wildman–Crippen MR) is 79.7 cm³/mol. The maximum atomic E-state index is 11.5. The third-order valence-corrected chi connectivity index (χ3v) is 5.54. The molecule has 1 aromatic heterocycles. The van der Waals surface area contributed by atoms with E-state index in [2.05, 4.69) is 25.8 Å². The van der Waals surface area contributed by atoms with E-state index in [0.29, 0.717) is 31.9 Å². The van der Waals surface area contributed by atoms with Gasteiger partial charge in [-0.3, -0.25) is 0 Å². The topological polar surface area (TPSA) is 79.5 Å². The number of aromatic nitrogens is 1. The van der Waals surface area contributed by atoms with Gasteiger partial charge in [-0.15, -0.1) is 0 Å². The zero-order valence-corrected chi connectivity index (χ0v) is 13.3. The molecule has 0 radical (unpaired) electrons. The van der Waals surface area contributed by atoms with E-state index in [1.54, 1.807) is 6.20 Å². The summed E-state index contributed by atoms with van der Waals surface area (Å²) in [6.45, 7) is 4.15. The lowest BCUT2D eigenvalue weighted by molar-refractivity contribution is 0.387. The molecule has 1 aromatic rings. The second-order valence-electron chi connectivity index (χ2n) is 4.63. The lowest BCUT2D eigenvalue weighted by atomic mass is 10.2. The van der Waals surface area contributed by atoms with Crippen molar-refractivity contribution in [3.8, 4) is 0 Å². The van der Waals surface area contributed by atoms with Gasteiger partial charge in [-0.2, -0.15) is 4.31 Å². The summed E-state index contributed by atoms with van der Waals surface area (Å²) < 4.78 is 25.3. The van der Waals surface area contributed by atoms with Crippen LogP contribution in [0.25, 0.3) is 0 Å². The van der Waals surface area contributed by atoms with E-state index in [9.17, 15) is 8.42 Å². The Morgan fingerprint density at radius 2 is 1.89 bits per heavy atom. The Labute approximate surface area is 121 Å². The molecule has 0 spiro atoms. The highest BCUT2D eigenvalue weighted by atomic mass is 79.9. The van der Waals surface area contributed by atoms with Crippen LogP contribution in [0.15, 0.2) is 10.7 Å². The molecule has 19 heavy (non-hydrogen) atoms. The highest BCUT2D eigenvalue weighted by molar-refractivity contribution is 9.10. The second kappa shape index (κ2) is 5.26. The molecular formula is C11H17BrN4O2S. The van der Waals surface area contributed by atoms with Gasteiger partial charge in [0, 0.05) is 26.2 Å². The van der Waals surface area contributed by atoms with Crippen molar-refractivity contribution in [2.24, 2.45) is 0 Å². The molecule has 1 fully saturated rings. The summed E-state index contributed by atoms with van der Waals surface area (Å²) in [5.41, 5.74) is 7.40. The molecule has 0 atom stereocenters. The molecule has 1 aliphatic heterocycles.